The third kappa shape index (κ3) is 3.11. The summed E-state index contributed by atoms with van der Waals surface area (Å²) in [5, 5.41) is 10.2. The van der Waals surface area contributed by atoms with Gasteiger partial charge in [0.2, 0.25) is 0 Å². The van der Waals surface area contributed by atoms with Crippen LogP contribution in [0, 0.1) is 13.8 Å². The number of nitrogens with zero attached hydrogens (tertiary/aromatic N) is 1. The van der Waals surface area contributed by atoms with Crippen LogP contribution in [0.3, 0.4) is 0 Å². The molecule has 0 saturated heterocycles. The number of rotatable bonds is 4. The third-order valence-electron chi connectivity index (χ3n) is 4.00. The van der Waals surface area contributed by atoms with Crippen LogP contribution in [0.1, 0.15) is 38.2 Å². The number of H-pyrrole nitrogens is 1. The zero-order chi connectivity index (χ0) is 18.8. The van der Waals surface area contributed by atoms with Gasteiger partial charge in [0, 0.05) is 10.3 Å². The average Bonchev–Trinajstić information content (AvgIpc) is 2.89. The quantitative estimate of drug-likeness (QED) is 0.687. The Hall–Kier alpha value is -3.00. The minimum Gasteiger partial charge on any atom is -0.462 e. The van der Waals surface area contributed by atoms with Gasteiger partial charge < -0.3 is 10.1 Å². The van der Waals surface area contributed by atoms with Crippen molar-refractivity contribution in [2.45, 2.75) is 20.8 Å². The highest BCUT2D eigenvalue weighted by atomic mass is 32.1. The van der Waals surface area contributed by atoms with Crippen LogP contribution in [0.2, 0.25) is 0 Å². The molecule has 2 N–H and O–H groups in total. The molecule has 0 aliphatic carbocycles. The van der Waals surface area contributed by atoms with Crippen LogP contribution in [-0.2, 0) is 4.74 Å². The highest BCUT2D eigenvalue weighted by molar-refractivity contribution is 7.16. The number of anilines is 1. The zero-order valence-corrected chi connectivity index (χ0v) is 15.3. The van der Waals surface area contributed by atoms with Crippen LogP contribution in [0.15, 0.2) is 29.1 Å². The van der Waals surface area contributed by atoms with Crippen molar-refractivity contribution in [2.75, 3.05) is 11.9 Å². The number of fused-ring (bicyclic) bond motifs is 1. The first-order valence-electron chi connectivity index (χ1n) is 8.00. The predicted molar refractivity (Wildman–Crippen MR) is 100 cm³/mol. The molecule has 0 aliphatic heterocycles. The number of thiophene rings is 1. The number of carbonyl (C=O) groups is 2. The molecule has 3 rings (SSSR count). The first kappa shape index (κ1) is 17.8. The van der Waals surface area contributed by atoms with Gasteiger partial charge in [-0.05, 0) is 32.4 Å². The molecular formula is C18H17N3O4S. The number of carbonyl (C=O) groups excluding carboxylic acids is 2. The molecule has 134 valence electrons. The maximum absolute atomic E-state index is 12.8. The Morgan fingerprint density at radius 3 is 2.62 bits per heavy atom. The number of hydrogen-bond acceptors (Lipinski definition) is 6. The van der Waals surface area contributed by atoms with Crippen molar-refractivity contribution in [3.8, 4) is 0 Å². The van der Waals surface area contributed by atoms with Crippen molar-refractivity contribution in [3.63, 3.8) is 0 Å². The molecule has 0 saturated carbocycles. The lowest BCUT2D eigenvalue weighted by Gasteiger charge is -2.08. The van der Waals surface area contributed by atoms with Crippen molar-refractivity contribution < 1.29 is 14.3 Å². The molecule has 0 radical (unpaired) electrons. The van der Waals surface area contributed by atoms with Gasteiger partial charge in [-0.15, -0.1) is 11.3 Å². The smallest absolute Gasteiger partial charge is 0.341 e. The normalized spacial score (nSPS) is 10.7. The van der Waals surface area contributed by atoms with Gasteiger partial charge in [0.25, 0.3) is 11.5 Å². The number of benzene rings is 1. The fraction of sp³-hybridized carbons (Fsp3) is 0.222. The molecule has 0 fully saturated rings. The van der Waals surface area contributed by atoms with Crippen LogP contribution in [-0.4, -0.2) is 28.7 Å². The Labute approximate surface area is 153 Å². The number of ether oxygens (including phenoxy) is 1. The SMILES string of the molecule is CCOC(=O)c1c(NC(=O)c2n[nH]c(=O)c3ccccc23)sc(C)c1C. The Morgan fingerprint density at radius 1 is 1.23 bits per heavy atom. The monoisotopic (exact) mass is 371 g/mol. The van der Waals surface area contributed by atoms with Gasteiger partial charge in [-0.1, -0.05) is 18.2 Å². The van der Waals surface area contributed by atoms with Crippen molar-refractivity contribution in [1.29, 1.82) is 0 Å². The molecule has 8 heteroatoms. The maximum Gasteiger partial charge on any atom is 0.341 e. The van der Waals surface area contributed by atoms with Gasteiger partial charge in [0.05, 0.1) is 17.6 Å². The number of aromatic nitrogens is 2. The van der Waals surface area contributed by atoms with Crippen LogP contribution >= 0.6 is 11.3 Å². The van der Waals surface area contributed by atoms with E-state index >= 15 is 0 Å². The fourth-order valence-corrected chi connectivity index (χ4v) is 3.66. The Bertz CT molecular complexity index is 1070. The number of nitrogens with one attached hydrogen (secondary N) is 2. The van der Waals surface area contributed by atoms with E-state index in [1.807, 2.05) is 6.92 Å². The highest BCUT2D eigenvalue weighted by Gasteiger charge is 2.23. The molecule has 7 nitrogen and oxygen atoms in total. The lowest BCUT2D eigenvalue weighted by molar-refractivity contribution is 0.0527. The largest absolute Gasteiger partial charge is 0.462 e. The Kier molecular flexibility index (Phi) is 4.85. The molecule has 1 aromatic carbocycles. The lowest BCUT2D eigenvalue weighted by Crippen LogP contribution is -2.20. The number of hydrogen-bond donors (Lipinski definition) is 2. The van der Waals surface area contributed by atoms with Gasteiger partial charge in [-0.3, -0.25) is 9.59 Å². The van der Waals surface area contributed by atoms with E-state index in [-0.39, 0.29) is 17.9 Å². The number of amides is 1. The second kappa shape index (κ2) is 7.09. The van der Waals surface area contributed by atoms with Gasteiger partial charge in [0.15, 0.2) is 5.69 Å². The van der Waals surface area contributed by atoms with Gasteiger partial charge in [-0.2, -0.15) is 5.10 Å². The summed E-state index contributed by atoms with van der Waals surface area (Å²) in [6, 6.07) is 6.72. The summed E-state index contributed by atoms with van der Waals surface area (Å²) in [5.41, 5.74) is 0.824. The van der Waals surface area contributed by atoms with Gasteiger partial charge in [-0.25, -0.2) is 9.89 Å². The molecule has 0 aliphatic rings. The summed E-state index contributed by atoms with van der Waals surface area (Å²) in [7, 11) is 0. The summed E-state index contributed by atoms with van der Waals surface area (Å²) < 4.78 is 5.09. The van der Waals surface area contributed by atoms with Crippen molar-refractivity contribution in [2.24, 2.45) is 0 Å². The van der Waals surface area contributed by atoms with Crippen molar-refractivity contribution in [1.82, 2.24) is 10.2 Å². The molecule has 2 heterocycles. The van der Waals surface area contributed by atoms with E-state index in [9.17, 15) is 14.4 Å². The summed E-state index contributed by atoms with van der Waals surface area (Å²) in [6.45, 7) is 5.64. The van der Waals surface area contributed by atoms with Crippen molar-refractivity contribution >= 4 is 39.0 Å². The molecule has 0 unspecified atom stereocenters. The second-order valence-electron chi connectivity index (χ2n) is 5.61. The molecule has 0 bridgehead atoms. The summed E-state index contributed by atoms with van der Waals surface area (Å²) in [6.07, 6.45) is 0. The molecule has 0 spiro atoms. The van der Waals surface area contributed by atoms with E-state index in [1.54, 1.807) is 38.1 Å². The second-order valence-corrected chi connectivity index (χ2v) is 6.83. The van der Waals surface area contributed by atoms with Crippen LogP contribution in [0.4, 0.5) is 5.00 Å². The van der Waals surface area contributed by atoms with Gasteiger partial charge >= 0.3 is 5.97 Å². The van der Waals surface area contributed by atoms with Gasteiger partial charge in [0.1, 0.15) is 5.00 Å². The molecule has 0 atom stereocenters. The lowest BCUT2D eigenvalue weighted by atomic mass is 10.1. The first-order chi connectivity index (χ1) is 12.4. The van der Waals surface area contributed by atoms with E-state index in [0.717, 1.165) is 10.4 Å². The average molecular weight is 371 g/mol. The molecule has 26 heavy (non-hydrogen) atoms. The number of aromatic amines is 1. The molecule has 1 amide bonds. The summed E-state index contributed by atoms with van der Waals surface area (Å²) in [5.74, 6) is -0.992. The minimum absolute atomic E-state index is 0.0821. The molecule has 2 aromatic heterocycles. The third-order valence-corrected chi connectivity index (χ3v) is 5.13. The van der Waals surface area contributed by atoms with E-state index in [2.05, 4.69) is 15.5 Å². The van der Waals surface area contributed by atoms with Crippen molar-refractivity contribution in [3.05, 3.63) is 56.3 Å². The standard InChI is InChI=1S/C18H17N3O4S/c1-4-25-18(24)13-9(2)10(3)26-17(13)19-16(23)14-11-7-5-6-8-12(11)15(22)21-20-14/h5-8H,4H2,1-3H3,(H,19,23)(H,21,22). The van der Waals surface area contributed by atoms with Crippen LogP contribution in [0.25, 0.3) is 10.8 Å². The number of esters is 1. The predicted octanol–water partition coefficient (Wildman–Crippen LogP) is 3.03. The van der Waals surface area contributed by atoms with E-state index in [4.69, 9.17) is 4.74 Å². The molecule has 3 aromatic rings. The number of aryl methyl sites for hydroxylation is 1. The van der Waals surface area contributed by atoms with Crippen LogP contribution in [0.5, 0.6) is 0 Å². The fourth-order valence-electron chi connectivity index (χ4n) is 2.61. The van der Waals surface area contributed by atoms with E-state index < -0.39 is 11.9 Å². The van der Waals surface area contributed by atoms with Crippen LogP contribution < -0.4 is 10.9 Å². The maximum atomic E-state index is 12.8. The topological polar surface area (TPSA) is 101 Å². The minimum atomic E-state index is -0.510. The Balaban J connectivity index is 2.02. The van der Waals surface area contributed by atoms with E-state index in [0.29, 0.717) is 21.3 Å². The Morgan fingerprint density at radius 2 is 1.92 bits per heavy atom. The molecular weight excluding hydrogens is 354 g/mol. The summed E-state index contributed by atoms with van der Waals surface area (Å²) in [4.78, 5) is 37.8. The first-order valence-corrected chi connectivity index (χ1v) is 8.81. The zero-order valence-electron chi connectivity index (χ0n) is 14.5. The highest BCUT2D eigenvalue weighted by Crippen LogP contribution is 2.33. The van der Waals surface area contributed by atoms with E-state index in [1.165, 1.54) is 11.3 Å². The summed E-state index contributed by atoms with van der Waals surface area (Å²) >= 11 is 1.29.